The maximum absolute atomic E-state index is 12.6. The molecule has 0 bridgehead atoms. The molecule has 0 saturated heterocycles. The van der Waals surface area contributed by atoms with Crippen LogP contribution >= 0.6 is 0 Å². The lowest BCUT2D eigenvalue weighted by atomic mass is 10.2. The lowest BCUT2D eigenvalue weighted by Gasteiger charge is -2.08. The van der Waals surface area contributed by atoms with Gasteiger partial charge in [0.1, 0.15) is 0 Å². The van der Waals surface area contributed by atoms with E-state index in [9.17, 15) is 18.0 Å². The first-order chi connectivity index (χ1) is 9.32. The third-order valence-electron chi connectivity index (χ3n) is 2.54. The molecule has 106 valence electrons. The van der Waals surface area contributed by atoms with Gasteiger partial charge in [0.25, 0.3) is 0 Å². The van der Waals surface area contributed by atoms with Gasteiger partial charge in [0.15, 0.2) is 5.75 Å². The zero-order chi connectivity index (χ0) is 14.9. The van der Waals surface area contributed by atoms with Gasteiger partial charge in [-0.25, -0.2) is 9.48 Å². The van der Waals surface area contributed by atoms with E-state index in [0.29, 0.717) is 0 Å². The van der Waals surface area contributed by atoms with Crippen LogP contribution in [0, 0.1) is 0 Å². The molecule has 0 aliphatic heterocycles. The monoisotopic (exact) mass is 286 g/mol. The standard InChI is InChI=1S/C12H9F3N2O3/c1-20-9-6-17(16-10(9)11(18)19)8-4-2-3-7(5-8)12(13,14)15/h2-6H,1H3,(H,18,19). The summed E-state index contributed by atoms with van der Waals surface area (Å²) < 4.78 is 43.7. The Kier molecular flexibility index (Phi) is 3.39. The van der Waals surface area contributed by atoms with E-state index in [1.807, 2.05) is 0 Å². The van der Waals surface area contributed by atoms with E-state index < -0.39 is 17.7 Å². The van der Waals surface area contributed by atoms with Crippen molar-refractivity contribution >= 4 is 5.97 Å². The lowest BCUT2D eigenvalue weighted by molar-refractivity contribution is -0.137. The van der Waals surface area contributed by atoms with Gasteiger partial charge in [-0.1, -0.05) is 6.07 Å². The third kappa shape index (κ3) is 2.58. The smallest absolute Gasteiger partial charge is 0.416 e. The molecular weight excluding hydrogens is 277 g/mol. The molecule has 2 rings (SSSR count). The summed E-state index contributed by atoms with van der Waals surface area (Å²) in [6.45, 7) is 0. The fourth-order valence-corrected chi connectivity index (χ4v) is 1.61. The quantitative estimate of drug-likeness (QED) is 0.942. The molecule has 0 amide bonds. The normalized spacial score (nSPS) is 11.4. The zero-order valence-electron chi connectivity index (χ0n) is 10.2. The fraction of sp³-hybridized carbons (Fsp3) is 0.167. The number of carboxylic acids is 1. The van der Waals surface area contributed by atoms with Crippen LogP contribution in [-0.4, -0.2) is 28.0 Å². The molecule has 0 saturated carbocycles. The average molecular weight is 286 g/mol. The Morgan fingerprint density at radius 3 is 2.60 bits per heavy atom. The number of aromatic carboxylic acids is 1. The molecular formula is C12H9F3N2O3. The van der Waals surface area contributed by atoms with Gasteiger partial charge in [0.05, 0.1) is 24.6 Å². The number of carbonyl (C=O) groups is 1. The van der Waals surface area contributed by atoms with E-state index >= 15 is 0 Å². The van der Waals surface area contributed by atoms with Gasteiger partial charge >= 0.3 is 12.1 Å². The van der Waals surface area contributed by atoms with E-state index in [4.69, 9.17) is 9.84 Å². The van der Waals surface area contributed by atoms with Crippen molar-refractivity contribution in [1.82, 2.24) is 9.78 Å². The molecule has 1 aromatic carbocycles. The molecule has 0 aliphatic rings. The predicted octanol–water partition coefficient (Wildman–Crippen LogP) is 2.60. The third-order valence-corrected chi connectivity index (χ3v) is 2.54. The van der Waals surface area contributed by atoms with Crippen LogP contribution in [0.25, 0.3) is 5.69 Å². The number of nitrogens with zero attached hydrogens (tertiary/aromatic N) is 2. The van der Waals surface area contributed by atoms with Crippen molar-refractivity contribution in [2.45, 2.75) is 6.18 Å². The van der Waals surface area contributed by atoms with Crippen molar-refractivity contribution in [1.29, 1.82) is 0 Å². The maximum Gasteiger partial charge on any atom is 0.416 e. The minimum Gasteiger partial charge on any atom is -0.493 e. The fourth-order valence-electron chi connectivity index (χ4n) is 1.61. The van der Waals surface area contributed by atoms with Gasteiger partial charge in [0.2, 0.25) is 5.69 Å². The minimum absolute atomic E-state index is 0.0325. The van der Waals surface area contributed by atoms with Crippen LogP contribution in [0.3, 0.4) is 0 Å². The van der Waals surface area contributed by atoms with Crippen LogP contribution in [-0.2, 0) is 6.18 Å². The summed E-state index contributed by atoms with van der Waals surface area (Å²) in [6.07, 6.45) is -3.28. The predicted molar refractivity (Wildman–Crippen MR) is 62.1 cm³/mol. The molecule has 0 unspecified atom stereocenters. The number of alkyl halides is 3. The van der Waals surface area contributed by atoms with Crippen molar-refractivity contribution in [3.05, 3.63) is 41.7 Å². The molecule has 1 N–H and O–H groups in total. The number of aromatic nitrogens is 2. The van der Waals surface area contributed by atoms with Crippen molar-refractivity contribution < 1.29 is 27.8 Å². The van der Waals surface area contributed by atoms with E-state index in [-0.39, 0.29) is 17.1 Å². The Balaban J connectivity index is 2.49. The Morgan fingerprint density at radius 1 is 1.40 bits per heavy atom. The summed E-state index contributed by atoms with van der Waals surface area (Å²) in [7, 11) is 1.25. The molecule has 0 aliphatic carbocycles. The molecule has 20 heavy (non-hydrogen) atoms. The van der Waals surface area contributed by atoms with Crippen molar-refractivity contribution in [3.63, 3.8) is 0 Å². The highest BCUT2D eigenvalue weighted by molar-refractivity contribution is 5.88. The van der Waals surface area contributed by atoms with Crippen molar-refractivity contribution in [3.8, 4) is 11.4 Å². The number of hydrogen-bond acceptors (Lipinski definition) is 3. The van der Waals surface area contributed by atoms with Gasteiger partial charge in [-0.15, -0.1) is 0 Å². The molecule has 0 radical (unpaired) electrons. The summed E-state index contributed by atoms with van der Waals surface area (Å²) in [5.74, 6) is -1.36. The Morgan fingerprint density at radius 2 is 2.10 bits per heavy atom. The van der Waals surface area contributed by atoms with E-state index in [1.165, 1.54) is 25.4 Å². The molecule has 1 heterocycles. The van der Waals surface area contributed by atoms with Crippen LogP contribution in [0.2, 0.25) is 0 Å². The molecule has 0 atom stereocenters. The van der Waals surface area contributed by atoms with Crippen molar-refractivity contribution in [2.75, 3.05) is 7.11 Å². The molecule has 2 aromatic rings. The summed E-state index contributed by atoms with van der Waals surface area (Å²) in [5.41, 5.74) is -1.13. The highest BCUT2D eigenvalue weighted by Crippen LogP contribution is 2.30. The van der Waals surface area contributed by atoms with E-state index in [0.717, 1.165) is 16.8 Å². The molecule has 1 aromatic heterocycles. The zero-order valence-corrected chi connectivity index (χ0v) is 10.2. The lowest BCUT2D eigenvalue weighted by Crippen LogP contribution is -2.06. The van der Waals surface area contributed by atoms with Gasteiger partial charge in [0, 0.05) is 0 Å². The molecule has 0 fully saturated rings. The number of halogens is 3. The van der Waals surface area contributed by atoms with E-state index in [1.54, 1.807) is 0 Å². The SMILES string of the molecule is COc1cn(-c2cccc(C(F)(F)F)c2)nc1C(=O)O. The number of benzene rings is 1. The van der Waals surface area contributed by atoms with Crippen LogP contribution < -0.4 is 4.74 Å². The molecule has 5 nitrogen and oxygen atoms in total. The summed E-state index contributed by atoms with van der Waals surface area (Å²) in [6, 6.07) is 4.39. The largest absolute Gasteiger partial charge is 0.493 e. The number of hydrogen-bond donors (Lipinski definition) is 1. The molecule has 8 heteroatoms. The number of rotatable bonds is 3. The Bertz CT molecular complexity index is 650. The van der Waals surface area contributed by atoms with Gasteiger partial charge in [-0.05, 0) is 18.2 Å². The number of carboxylic acid groups (broad SMARTS) is 1. The van der Waals surface area contributed by atoms with Crippen LogP contribution in [0.15, 0.2) is 30.5 Å². The Labute approximate surface area is 111 Å². The molecule has 0 spiro atoms. The first-order valence-electron chi connectivity index (χ1n) is 5.37. The van der Waals surface area contributed by atoms with Gasteiger partial charge < -0.3 is 9.84 Å². The maximum atomic E-state index is 12.6. The second-order valence-electron chi connectivity index (χ2n) is 3.84. The Hall–Kier alpha value is -2.51. The minimum atomic E-state index is -4.48. The van der Waals surface area contributed by atoms with Crippen LogP contribution in [0.4, 0.5) is 13.2 Å². The summed E-state index contributed by atoms with van der Waals surface area (Å²) >= 11 is 0. The second-order valence-corrected chi connectivity index (χ2v) is 3.84. The van der Waals surface area contributed by atoms with Gasteiger partial charge in [-0.3, -0.25) is 0 Å². The summed E-state index contributed by atoms with van der Waals surface area (Å²) in [4.78, 5) is 10.9. The average Bonchev–Trinajstić information content (AvgIpc) is 2.82. The second kappa shape index (κ2) is 4.87. The number of ether oxygens (including phenoxy) is 1. The first-order valence-corrected chi connectivity index (χ1v) is 5.37. The van der Waals surface area contributed by atoms with Crippen molar-refractivity contribution in [2.24, 2.45) is 0 Å². The first kappa shape index (κ1) is 13.9. The highest BCUT2D eigenvalue weighted by atomic mass is 19.4. The van der Waals surface area contributed by atoms with Crippen LogP contribution in [0.5, 0.6) is 5.75 Å². The summed E-state index contributed by atoms with van der Waals surface area (Å²) in [5, 5.41) is 12.6. The van der Waals surface area contributed by atoms with E-state index in [2.05, 4.69) is 5.10 Å². The number of methoxy groups -OCH3 is 1. The van der Waals surface area contributed by atoms with Crippen LogP contribution in [0.1, 0.15) is 16.1 Å². The highest BCUT2D eigenvalue weighted by Gasteiger charge is 2.30. The topological polar surface area (TPSA) is 64.4 Å². The van der Waals surface area contributed by atoms with Gasteiger partial charge in [-0.2, -0.15) is 18.3 Å².